The number of nitrogens with one attached hydrogen (secondary N) is 2. The molecule has 1 aliphatic rings. The number of rotatable bonds is 4. The van der Waals surface area contributed by atoms with E-state index in [1.165, 1.54) is 6.07 Å². The second-order valence-electron chi connectivity index (χ2n) is 7.06. The molecule has 0 aliphatic carbocycles. The minimum Gasteiger partial charge on any atom is -0.379 e. The van der Waals surface area contributed by atoms with Gasteiger partial charge in [0.25, 0.3) is 5.91 Å². The number of carbonyl (C=O) groups is 1. The number of anilines is 1. The van der Waals surface area contributed by atoms with E-state index in [2.05, 4.69) is 15.2 Å². The van der Waals surface area contributed by atoms with Crippen molar-refractivity contribution in [2.45, 2.75) is 12.7 Å². The zero-order valence-corrected chi connectivity index (χ0v) is 16.6. The first-order valence-electron chi connectivity index (χ1n) is 9.41. The van der Waals surface area contributed by atoms with Crippen molar-refractivity contribution < 1.29 is 22.7 Å². The average Bonchev–Trinajstić information content (AvgIpc) is 3.08. The fraction of sp³-hybridized carbons (Fsp3) is 0.286. The van der Waals surface area contributed by atoms with Crippen LogP contribution in [0.25, 0.3) is 10.9 Å². The molecule has 0 unspecified atom stereocenters. The fourth-order valence-corrected chi connectivity index (χ4v) is 3.70. The highest BCUT2D eigenvalue weighted by atomic mass is 35.5. The number of hydrogen-bond acceptors (Lipinski definition) is 3. The molecule has 1 aliphatic heterocycles. The Morgan fingerprint density at radius 3 is 2.60 bits per heavy atom. The summed E-state index contributed by atoms with van der Waals surface area (Å²) in [7, 11) is 0. The van der Waals surface area contributed by atoms with Crippen molar-refractivity contribution >= 4 is 34.1 Å². The van der Waals surface area contributed by atoms with Gasteiger partial charge in [-0.15, -0.1) is 0 Å². The van der Waals surface area contributed by atoms with E-state index in [-0.39, 0.29) is 11.2 Å². The van der Waals surface area contributed by atoms with Gasteiger partial charge in [-0.25, -0.2) is 0 Å². The van der Waals surface area contributed by atoms with Gasteiger partial charge in [-0.05, 0) is 24.3 Å². The summed E-state index contributed by atoms with van der Waals surface area (Å²) in [5.41, 5.74) is 0.779. The van der Waals surface area contributed by atoms with Gasteiger partial charge in [0.15, 0.2) is 0 Å². The molecule has 2 heterocycles. The van der Waals surface area contributed by atoms with Gasteiger partial charge in [0.1, 0.15) is 5.69 Å². The standard InChI is InChI=1S/C21H19ClF3N3O2/c22-16-3-1-2-4-17(16)27-20(29)19-15(12-28-7-9-30-10-8-28)14-6-5-13(21(23,24)25)11-18(14)26-19/h1-6,11,26H,7-10,12H2,(H,27,29). The van der Waals surface area contributed by atoms with Gasteiger partial charge in [-0.3, -0.25) is 9.69 Å². The van der Waals surface area contributed by atoms with Crippen molar-refractivity contribution in [1.29, 1.82) is 0 Å². The molecule has 1 amide bonds. The molecule has 4 rings (SSSR count). The molecular weight excluding hydrogens is 419 g/mol. The molecular formula is C21H19ClF3N3O2. The predicted molar refractivity (Wildman–Crippen MR) is 109 cm³/mol. The Morgan fingerprint density at radius 2 is 1.90 bits per heavy atom. The molecule has 2 aromatic carbocycles. The Balaban J connectivity index is 1.74. The van der Waals surface area contributed by atoms with E-state index in [1.54, 1.807) is 24.3 Å². The first-order valence-corrected chi connectivity index (χ1v) is 9.78. The lowest BCUT2D eigenvalue weighted by Gasteiger charge is -2.26. The molecule has 2 N–H and O–H groups in total. The first kappa shape index (κ1) is 20.7. The number of para-hydroxylation sites is 1. The number of ether oxygens (including phenoxy) is 1. The monoisotopic (exact) mass is 437 g/mol. The lowest BCUT2D eigenvalue weighted by atomic mass is 10.1. The van der Waals surface area contributed by atoms with Crippen LogP contribution in [0.2, 0.25) is 5.02 Å². The summed E-state index contributed by atoms with van der Waals surface area (Å²) in [6, 6.07) is 10.3. The number of hydrogen-bond donors (Lipinski definition) is 2. The van der Waals surface area contributed by atoms with E-state index in [9.17, 15) is 18.0 Å². The Morgan fingerprint density at radius 1 is 1.17 bits per heavy atom. The summed E-state index contributed by atoms with van der Waals surface area (Å²) in [6.45, 7) is 2.92. The summed E-state index contributed by atoms with van der Waals surface area (Å²) in [5, 5.41) is 3.70. The fourth-order valence-electron chi connectivity index (χ4n) is 3.52. The van der Waals surface area contributed by atoms with Gasteiger partial charge in [0.2, 0.25) is 0 Å². The molecule has 1 saturated heterocycles. The number of nitrogens with zero attached hydrogens (tertiary/aromatic N) is 1. The molecule has 9 heteroatoms. The maximum Gasteiger partial charge on any atom is 0.416 e. The van der Waals surface area contributed by atoms with Crippen LogP contribution in [0.1, 0.15) is 21.6 Å². The highest BCUT2D eigenvalue weighted by Gasteiger charge is 2.31. The van der Waals surface area contributed by atoms with Crippen molar-refractivity contribution in [3.63, 3.8) is 0 Å². The minimum atomic E-state index is -4.47. The molecule has 30 heavy (non-hydrogen) atoms. The molecule has 1 aromatic heterocycles. The molecule has 0 atom stereocenters. The van der Waals surface area contributed by atoms with Crippen molar-refractivity contribution in [3.05, 3.63) is 64.3 Å². The number of benzene rings is 2. The van der Waals surface area contributed by atoms with E-state index in [4.69, 9.17) is 16.3 Å². The second kappa shape index (κ2) is 8.29. The lowest BCUT2D eigenvalue weighted by molar-refractivity contribution is -0.137. The highest BCUT2D eigenvalue weighted by Crippen LogP contribution is 2.34. The number of amides is 1. The Bertz CT molecular complexity index is 1080. The molecule has 1 fully saturated rings. The number of aromatic amines is 1. The normalized spacial score (nSPS) is 15.5. The SMILES string of the molecule is O=C(Nc1ccccc1Cl)c1[nH]c2cc(C(F)(F)F)ccc2c1CN1CCOCC1. The third-order valence-electron chi connectivity index (χ3n) is 5.07. The maximum absolute atomic E-state index is 13.2. The minimum absolute atomic E-state index is 0.218. The van der Waals surface area contributed by atoms with Crippen LogP contribution in [0.5, 0.6) is 0 Å². The Hall–Kier alpha value is -2.55. The van der Waals surface area contributed by atoms with Crippen molar-refractivity contribution in [3.8, 4) is 0 Å². The lowest BCUT2D eigenvalue weighted by Crippen LogP contribution is -2.36. The van der Waals surface area contributed by atoms with Crippen molar-refractivity contribution in [2.75, 3.05) is 31.6 Å². The van der Waals surface area contributed by atoms with E-state index < -0.39 is 17.6 Å². The van der Waals surface area contributed by atoms with E-state index in [0.29, 0.717) is 54.5 Å². The van der Waals surface area contributed by atoms with E-state index in [1.807, 2.05) is 0 Å². The highest BCUT2D eigenvalue weighted by molar-refractivity contribution is 6.33. The van der Waals surface area contributed by atoms with Crippen LogP contribution >= 0.6 is 11.6 Å². The molecule has 0 bridgehead atoms. The van der Waals surface area contributed by atoms with Gasteiger partial charge in [0.05, 0.1) is 29.5 Å². The van der Waals surface area contributed by atoms with Gasteiger partial charge in [-0.1, -0.05) is 29.8 Å². The third kappa shape index (κ3) is 4.30. The molecule has 0 saturated carbocycles. The summed E-state index contributed by atoms with van der Waals surface area (Å²) in [5.74, 6) is -0.462. The molecule has 0 radical (unpaired) electrons. The summed E-state index contributed by atoms with van der Waals surface area (Å²) in [4.78, 5) is 18.0. The van der Waals surface area contributed by atoms with Crippen LogP contribution in [-0.2, 0) is 17.5 Å². The van der Waals surface area contributed by atoms with Crippen LogP contribution < -0.4 is 5.32 Å². The number of halogens is 4. The quantitative estimate of drug-likeness (QED) is 0.609. The third-order valence-corrected chi connectivity index (χ3v) is 5.40. The smallest absolute Gasteiger partial charge is 0.379 e. The summed E-state index contributed by atoms with van der Waals surface area (Å²) in [6.07, 6.45) is -4.47. The van der Waals surface area contributed by atoms with Gasteiger partial charge < -0.3 is 15.0 Å². The van der Waals surface area contributed by atoms with E-state index in [0.717, 1.165) is 12.1 Å². The molecule has 158 valence electrons. The van der Waals surface area contributed by atoms with Crippen molar-refractivity contribution in [1.82, 2.24) is 9.88 Å². The second-order valence-corrected chi connectivity index (χ2v) is 7.47. The van der Waals surface area contributed by atoms with Crippen molar-refractivity contribution in [2.24, 2.45) is 0 Å². The molecule has 5 nitrogen and oxygen atoms in total. The number of morpholine rings is 1. The number of alkyl halides is 3. The molecule has 3 aromatic rings. The topological polar surface area (TPSA) is 57.4 Å². The van der Waals surface area contributed by atoms with Crippen LogP contribution in [0.4, 0.5) is 18.9 Å². The number of carbonyl (C=O) groups excluding carboxylic acids is 1. The molecule has 0 spiro atoms. The largest absolute Gasteiger partial charge is 0.416 e. The maximum atomic E-state index is 13.2. The Kier molecular flexibility index (Phi) is 5.73. The number of H-pyrrole nitrogens is 1. The number of aromatic nitrogens is 1. The van der Waals surface area contributed by atoms with Crippen LogP contribution in [0, 0.1) is 0 Å². The van der Waals surface area contributed by atoms with Crippen LogP contribution in [0.3, 0.4) is 0 Å². The summed E-state index contributed by atoms with van der Waals surface area (Å²) >= 11 is 6.13. The predicted octanol–water partition coefficient (Wildman–Crippen LogP) is 4.92. The summed E-state index contributed by atoms with van der Waals surface area (Å²) < 4.78 is 44.8. The Labute approximate surface area is 175 Å². The van der Waals surface area contributed by atoms with E-state index >= 15 is 0 Å². The van der Waals surface area contributed by atoms with Gasteiger partial charge in [0, 0.05) is 36.1 Å². The number of fused-ring (bicyclic) bond motifs is 1. The van der Waals surface area contributed by atoms with Gasteiger partial charge in [-0.2, -0.15) is 13.2 Å². The zero-order chi connectivity index (χ0) is 21.3. The zero-order valence-electron chi connectivity index (χ0n) is 15.9. The van der Waals surface area contributed by atoms with Crippen LogP contribution in [0.15, 0.2) is 42.5 Å². The van der Waals surface area contributed by atoms with Crippen LogP contribution in [-0.4, -0.2) is 42.1 Å². The first-order chi connectivity index (χ1) is 14.3. The van der Waals surface area contributed by atoms with Gasteiger partial charge >= 0.3 is 6.18 Å². The average molecular weight is 438 g/mol.